The third-order valence-electron chi connectivity index (χ3n) is 4.71. The molecule has 3 rings (SSSR count). The smallest absolute Gasteiger partial charge is 0.191 e. The van der Waals surface area contributed by atoms with E-state index in [4.69, 9.17) is 4.74 Å². The molecule has 0 spiro atoms. The van der Waals surface area contributed by atoms with Crippen LogP contribution in [0.3, 0.4) is 0 Å². The van der Waals surface area contributed by atoms with E-state index in [1.807, 2.05) is 12.1 Å². The van der Waals surface area contributed by atoms with Gasteiger partial charge in [0, 0.05) is 37.1 Å². The molecular weight excluding hydrogens is 337 g/mol. The zero-order valence-electron chi connectivity index (χ0n) is 14.4. The zero-order chi connectivity index (χ0) is 17.5. The molecule has 1 aromatic heterocycles. The molecule has 2 aromatic rings. The van der Waals surface area contributed by atoms with Gasteiger partial charge in [0.1, 0.15) is 5.82 Å². The van der Waals surface area contributed by atoms with Gasteiger partial charge in [0.15, 0.2) is 5.96 Å². The normalized spacial score (nSPS) is 17.3. The van der Waals surface area contributed by atoms with Gasteiger partial charge in [-0.25, -0.2) is 4.39 Å². The lowest BCUT2D eigenvalue weighted by atomic mass is 9.74. The van der Waals surface area contributed by atoms with Crippen molar-refractivity contribution in [2.45, 2.75) is 24.8 Å². The molecule has 4 nitrogen and oxygen atoms in total. The summed E-state index contributed by atoms with van der Waals surface area (Å²) in [7, 11) is 1.77. The lowest BCUT2D eigenvalue weighted by Crippen LogP contribution is -2.47. The first-order valence-corrected chi connectivity index (χ1v) is 9.40. The molecule has 1 aromatic carbocycles. The second-order valence-corrected chi connectivity index (χ2v) is 7.29. The molecule has 2 N–H and O–H groups in total. The maximum absolute atomic E-state index is 13.7. The Morgan fingerprint density at radius 3 is 2.76 bits per heavy atom. The van der Waals surface area contributed by atoms with Gasteiger partial charge < -0.3 is 15.4 Å². The number of thiophene rings is 1. The van der Waals surface area contributed by atoms with E-state index in [9.17, 15) is 4.39 Å². The molecule has 1 aliphatic rings. The van der Waals surface area contributed by atoms with Gasteiger partial charge in [0.05, 0.1) is 6.54 Å². The molecule has 1 saturated heterocycles. The van der Waals surface area contributed by atoms with Crippen molar-refractivity contribution in [3.8, 4) is 0 Å². The minimum atomic E-state index is -0.191. The van der Waals surface area contributed by atoms with Crippen LogP contribution in [0.2, 0.25) is 0 Å². The molecule has 0 bridgehead atoms. The molecule has 0 unspecified atom stereocenters. The summed E-state index contributed by atoms with van der Waals surface area (Å²) in [6, 6.07) is 11.1. The zero-order valence-corrected chi connectivity index (χ0v) is 15.2. The number of ether oxygens (including phenoxy) is 1. The van der Waals surface area contributed by atoms with Crippen molar-refractivity contribution in [3.63, 3.8) is 0 Å². The van der Waals surface area contributed by atoms with Crippen LogP contribution in [0.15, 0.2) is 46.8 Å². The van der Waals surface area contributed by atoms with E-state index in [2.05, 4.69) is 27.1 Å². The summed E-state index contributed by atoms with van der Waals surface area (Å²) in [5.41, 5.74) is 0.887. The van der Waals surface area contributed by atoms with E-state index in [0.717, 1.165) is 30.9 Å². The van der Waals surface area contributed by atoms with Crippen LogP contribution >= 0.6 is 11.3 Å². The van der Waals surface area contributed by atoms with Crippen molar-refractivity contribution in [1.82, 2.24) is 10.6 Å². The number of hydrogen-bond donors (Lipinski definition) is 2. The van der Waals surface area contributed by atoms with E-state index in [1.54, 1.807) is 30.5 Å². The molecular formula is C19H24FN3OS. The van der Waals surface area contributed by atoms with Crippen LogP contribution in [0, 0.1) is 5.82 Å². The lowest BCUT2D eigenvalue weighted by molar-refractivity contribution is 0.0513. The maximum atomic E-state index is 13.7. The highest BCUT2D eigenvalue weighted by atomic mass is 32.1. The predicted molar refractivity (Wildman–Crippen MR) is 101 cm³/mol. The van der Waals surface area contributed by atoms with Gasteiger partial charge in [-0.1, -0.05) is 18.2 Å². The molecule has 0 atom stereocenters. The molecule has 25 heavy (non-hydrogen) atoms. The predicted octanol–water partition coefficient (Wildman–Crippen LogP) is 3.30. The van der Waals surface area contributed by atoms with Crippen molar-refractivity contribution in [2.75, 3.05) is 26.8 Å². The fourth-order valence-corrected chi connectivity index (χ4v) is 3.85. The summed E-state index contributed by atoms with van der Waals surface area (Å²) in [5, 5.41) is 8.82. The number of benzene rings is 1. The maximum Gasteiger partial charge on any atom is 0.191 e. The molecule has 1 fully saturated rings. The minimum Gasteiger partial charge on any atom is -0.381 e. The third kappa shape index (κ3) is 4.58. The standard InChI is InChI=1S/C19H24FN3OS/c1-21-18(22-13-17-6-3-11-25-17)23-14-19(7-9-24-10-8-19)15-4-2-5-16(20)12-15/h2-6,11-12H,7-10,13-14H2,1H3,(H2,21,22,23). The summed E-state index contributed by atoms with van der Waals surface area (Å²) in [4.78, 5) is 5.57. The summed E-state index contributed by atoms with van der Waals surface area (Å²) in [6.45, 7) is 2.83. The van der Waals surface area contributed by atoms with Gasteiger partial charge in [0.25, 0.3) is 0 Å². The van der Waals surface area contributed by atoms with Crippen LogP contribution in [0.5, 0.6) is 0 Å². The first kappa shape index (κ1) is 17.9. The van der Waals surface area contributed by atoms with Crippen molar-refractivity contribution in [1.29, 1.82) is 0 Å². The Hall–Kier alpha value is -1.92. The van der Waals surface area contributed by atoms with Gasteiger partial charge in [-0.2, -0.15) is 0 Å². The Morgan fingerprint density at radius 1 is 1.24 bits per heavy atom. The quantitative estimate of drug-likeness (QED) is 0.634. The first-order valence-electron chi connectivity index (χ1n) is 8.53. The molecule has 0 aliphatic carbocycles. The van der Waals surface area contributed by atoms with Crippen LogP contribution in [-0.4, -0.2) is 32.8 Å². The first-order chi connectivity index (χ1) is 12.2. The van der Waals surface area contributed by atoms with Crippen molar-refractivity contribution < 1.29 is 9.13 Å². The highest BCUT2D eigenvalue weighted by Crippen LogP contribution is 2.34. The highest BCUT2D eigenvalue weighted by Gasteiger charge is 2.34. The highest BCUT2D eigenvalue weighted by molar-refractivity contribution is 7.09. The number of aliphatic imine (C=N–C) groups is 1. The Kier molecular flexibility index (Phi) is 6.04. The van der Waals surface area contributed by atoms with E-state index < -0.39 is 0 Å². The van der Waals surface area contributed by atoms with Crippen LogP contribution < -0.4 is 10.6 Å². The molecule has 2 heterocycles. The number of nitrogens with one attached hydrogen (secondary N) is 2. The Morgan fingerprint density at radius 2 is 2.08 bits per heavy atom. The summed E-state index contributed by atoms with van der Waals surface area (Å²) in [6.07, 6.45) is 1.73. The van der Waals surface area contributed by atoms with Crippen molar-refractivity contribution >= 4 is 17.3 Å². The summed E-state index contributed by atoms with van der Waals surface area (Å²) >= 11 is 1.72. The van der Waals surface area contributed by atoms with Crippen LogP contribution in [-0.2, 0) is 16.7 Å². The average molecular weight is 361 g/mol. The number of rotatable bonds is 5. The van der Waals surface area contributed by atoms with E-state index in [0.29, 0.717) is 19.8 Å². The average Bonchev–Trinajstić information content (AvgIpc) is 3.16. The monoisotopic (exact) mass is 361 g/mol. The van der Waals surface area contributed by atoms with Crippen LogP contribution in [0.1, 0.15) is 23.3 Å². The van der Waals surface area contributed by atoms with Crippen molar-refractivity contribution in [3.05, 3.63) is 58.0 Å². The molecule has 0 saturated carbocycles. The SMILES string of the molecule is CN=C(NCc1cccs1)NCC1(c2cccc(F)c2)CCOCC1. The fourth-order valence-electron chi connectivity index (χ4n) is 3.21. The van der Waals surface area contributed by atoms with Crippen LogP contribution in [0.4, 0.5) is 4.39 Å². The Balaban J connectivity index is 1.67. The molecule has 6 heteroatoms. The summed E-state index contributed by atoms with van der Waals surface area (Å²) < 4.78 is 19.3. The van der Waals surface area contributed by atoms with Gasteiger partial charge in [-0.3, -0.25) is 4.99 Å². The van der Waals surface area contributed by atoms with Crippen LogP contribution in [0.25, 0.3) is 0 Å². The number of hydrogen-bond acceptors (Lipinski definition) is 3. The Labute approximate surface area is 152 Å². The van der Waals surface area contributed by atoms with E-state index in [-0.39, 0.29) is 11.2 Å². The van der Waals surface area contributed by atoms with Gasteiger partial charge in [-0.05, 0) is 42.0 Å². The van der Waals surface area contributed by atoms with Gasteiger partial charge in [0.2, 0.25) is 0 Å². The molecule has 1 aliphatic heterocycles. The number of halogens is 1. The fraction of sp³-hybridized carbons (Fsp3) is 0.421. The minimum absolute atomic E-state index is 0.138. The molecule has 0 radical (unpaired) electrons. The summed E-state index contributed by atoms with van der Waals surface area (Å²) in [5.74, 6) is 0.569. The van der Waals surface area contributed by atoms with Gasteiger partial charge >= 0.3 is 0 Å². The number of guanidine groups is 1. The lowest BCUT2D eigenvalue weighted by Gasteiger charge is -2.38. The topological polar surface area (TPSA) is 45.7 Å². The third-order valence-corrected chi connectivity index (χ3v) is 5.59. The Bertz CT molecular complexity index is 696. The van der Waals surface area contributed by atoms with Crippen molar-refractivity contribution in [2.24, 2.45) is 4.99 Å². The second-order valence-electron chi connectivity index (χ2n) is 6.26. The second kappa shape index (κ2) is 8.45. The van der Waals surface area contributed by atoms with E-state index in [1.165, 1.54) is 10.9 Å². The largest absolute Gasteiger partial charge is 0.381 e. The molecule has 134 valence electrons. The molecule has 0 amide bonds. The number of nitrogens with zero attached hydrogens (tertiary/aromatic N) is 1. The van der Waals surface area contributed by atoms with Gasteiger partial charge in [-0.15, -0.1) is 11.3 Å². The van der Waals surface area contributed by atoms with E-state index >= 15 is 0 Å².